The molecule has 0 bridgehead atoms. The fourth-order valence-electron chi connectivity index (χ4n) is 3.02. The molecule has 0 unspecified atom stereocenters. The molecule has 7 heteroatoms. The minimum atomic E-state index is -3.76. The summed E-state index contributed by atoms with van der Waals surface area (Å²) in [5.41, 5.74) is 1.16. The summed E-state index contributed by atoms with van der Waals surface area (Å²) in [6, 6.07) is 10.5. The van der Waals surface area contributed by atoms with Crippen molar-refractivity contribution in [1.82, 2.24) is 4.72 Å². The van der Waals surface area contributed by atoms with Crippen molar-refractivity contribution in [3.8, 4) is 11.5 Å². The molecule has 0 aliphatic heterocycles. The van der Waals surface area contributed by atoms with Gasteiger partial charge in [0.15, 0.2) is 0 Å². The van der Waals surface area contributed by atoms with Gasteiger partial charge in [0.25, 0.3) is 0 Å². The largest absolute Gasteiger partial charge is 0.497 e. The summed E-state index contributed by atoms with van der Waals surface area (Å²) in [7, 11) is -2.17. The van der Waals surface area contributed by atoms with E-state index in [1.165, 1.54) is 0 Å². The molecule has 2 aromatic rings. The molecule has 0 aliphatic carbocycles. The van der Waals surface area contributed by atoms with Crippen molar-refractivity contribution in [2.45, 2.75) is 44.6 Å². The van der Waals surface area contributed by atoms with Crippen molar-refractivity contribution in [2.24, 2.45) is 0 Å². The minimum Gasteiger partial charge on any atom is -0.497 e. The summed E-state index contributed by atoms with van der Waals surface area (Å²) in [6.07, 6.45) is 0.306. The van der Waals surface area contributed by atoms with Crippen LogP contribution in [0.15, 0.2) is 41.3 Å². The van der Waals surface area contributed by atoms with Gasteiger partial charge in [0.05, 0.1) is 24.2 Å². The molecule has 28 heavy (non-hydrogen) atoms. The van der Waals surface area contributed by atoms with Crippen LogP contribution in [0.3, 0.4) is 0 Å². The van der Waals surface area contributed by atoms with E-state index in [9.17, 15) is 13.5 Å². The molecule has 154 valence electrons. The number of methoxy groups -OCH3 is 1. The standard InChI is InChI=1S/C21H29NO5S/c1-6-27-20-15(2)11-19(12-16(20)3)28(24,25)22-14-21(4,23)13-17-7-9-18(26-5)10-8-17/h7-12,22-23H,6,13-14H2,1-5H3/t21-/m0/s1. The van der Waals surface area contributed by atoms with Gasteiger partial charge in [-0.15, -0.1) is 0 Å². The first-order chi connectivity index (χ1) is 13.1. The van der Waals surface area contributed by atoms with Crippen LogP contribution in [0.2, 0.25) is 0 Å². The molecule has 0 saturated carbocycles. The molecule has 0 radical (unpaired) electrons. The molecule has 0 amide bonds. The Hall–Kier alpha value is -2.09. The Bertz CT molecular complexity index is 882. The third kappa shape index (κ3) is 5.70. The molecule has 0 heterocycles. The highest BCUT2D eigenvalue weighted by Crippen LogP contribution is 2.27. The molecule has 2 N–H and O–H groups in total. The van der Waals surface area contributed by atoms with E-state index < -0.39 is 15.6 Å². The van der Waals surface area contributed by atoms with Crippen LogP contribution in [0.1, 0.15) is 30.5 Å². The lowest BCUT2D eigenvalue weighted by Gasteiger charge is -2.24. The van der Waals surface area contributed by atoms with Crippen molar-refractivity contribution in [3.05, 3.63) is 53.1 Å². The lowest BCUT2D eigenvalue weighted by molar-refractivity contribution is 0.0657. The van der Waals surface area contributed by atoms with Gasteiger partial charge in [-0.05, 0) is 68.7 Å². The first-order valence-corrected chi connectivity index (χ1v) is 10.7. The number of ether oxygens (including phenoxy) is 2. The Balaban J connectivity index is 2.10. The zero-order valence-electron chi connectivity index (χ0n) is 17.1. The van der Waals surface area contributed by atoms with Gasteiger partial charge in [0.1, 0.15) is 11.5 Å². The van der Waals surface area contributed by atoms with Crippen LogP contribution in [-0.2, 0) is 16.4 Å². The summed E-state index contributed by atoms with van der Waals surface area (Å²) >= 11 is 0. The fraction of sp³-hybridized carbons (Fsp3) is 0.429. The van der Waals surface area contributed by atoms with E-state index in [4.69, 9.17) is 9.47 Å². The van der Waals surface area contributed by atoms with E-state index in [0.717, 1.165) is 22.4 Å². The van der Waals surface area contributed by atoms with Gasteiger partial charge in [0, 0.05) is 13.0 Å². The van der Waals surface area contributed by atoms with E-state index in [1.807, 2.05) is 32.9 Å². The van der Waals surface area contributed by atoms with E-state index in [1.54, 1.807) is 38.3 Å². The second-order valence-corrected chi connectivity index (χ2v) is 8.93. The van der Waals surface area contributed by atoms with Crippen molar-refractivity contribution < 1.29 is 23.0 Å². The highest BCUT2D eigenvalue weighted by Gasteiger charge is 2.25. The van der Waals surface area contributed by atoms with Crippen molar-refractivity contribution in [3.63, 3.8) is 0 Å². The maximum atomic E-state index is 12.7. The third-order valence-electron chi connectivity index (χ3n) is 4.42. The van der Waals surface area contributed by atoms with Crippen molar-refractivity contribution >= 4 is 10.0 Å². The Kier molecular flexibility index (Phi) is 7.09. The number of hydrogen-bond acceptors (Lipinski definition) is 5. The molecular formula is C21H29NO5S. The monoisotopic (exact) mass is 407 g/mol. The van der Waals surface area contributed by atoms with Gasteiger partial charge in [-0.2, -0.15) is 0 Å². The van der Waals surface area contributed by atoms with Crippen molar-refractivity contribution in [1.29, 1.82) is 0 Å². The lowest BCUT2D eigenvalue weighted by Crippen LogP contribution is -2.42. The van der Waals surface area contributed by atoms with E-state index in [0.29, 0.717) is 18.8 Å². The summed E-state index contributed by atoms with van der Waals surface area (Å²) in [6.45, 7) is 7.53. The Morgan fingerprint density at radius 2 is 1.68 bits per heavy atom. The predicted octanol–water partition coefficient (Wildman–Crippen LogP) is 2.98. The number of sulfonamides is 1. The number of nitrogens with one attached hydrogen (secondary N) is 1. The smallest absolute Gasteiger partial charge is 0.240 e. The lowest BCUT2D eigenvalue weighted by atomic mass is 9.97. The quantitative estimate of drug-likeness (QED) is 0.668. The minimum absolute atomic E-state index is 0.104. The zero-order chi connectivity index (χ0) is 20.9. The SMILES string of the molecule is CCOc1c(C)cc(S(=O)(=O)NC[C@@](C)(O)Cc2ccc(OC)cc2)cc1C. The molecule has 0 fully saturated rings. The maximum absolute atomic E-state index is 12.7. The molecule has 6 nitrogen and oxygen atoms in total. The topological polar surface area (TPSA) is 84.9 Å². The van der Waals surface area contributed by atoms with Crippen LogP contribution >= 0.6 is 0 Å². The van der Waals surface area contributed by atoms with Gasteiger partial charge in [-0.25, -0.2) is 13.1 Å². The Morgan fingerprint density at radius 1 is 1.11 bits per heavy atom. The molecule has 0 saturated heterocycles. The van der Waals surface area contributed by atoms with Crippen LogP contribution < -0.4 is 14.2 Å². The average molecular weight is 408 g/mol. The van der Waals surface area contributed by atoms with Gasteiger partial charge in [-0.1, -0.05) is 12.1 Å². The first kappa shape index (κ1) is 22.2. The Morgan fingerprint density at radius 3 is 2.18 bits per heavy atom. The van der Waals surface area contributed by atoms with Crippen LogP contribution in [0, 0.1) is 13.8 Å². The number of hydrogen-bond donors (Lipinski definition) is 2. The number of benzene rings is 2. The van der Waals surface area contributed by atoms with Gasteiger partial charge >= 0.3 is 0 Å². The normalized spacial score (nSPS) is 13.8. The first-order valence-electron chi connectivity index (χ1n) is 9.17. The average Bonchev–Trinajstić information content (AvgIpc) is 2.63. The van der Waals surface area contributed by atoms with Crippen molar-refractivity contribution in [2.75, 3.05) is 20.3 Å². The van der Waals surface area contributed by atoms with Gasteiger partial charge < -0.3 is 14.6 Å². The predicted molar refractivity (Wildman–Crippen MR) is 110 cm³/mol. The third-order valence-corrected chi connectivity index (χ3v) is 5.80. The summed E-state index contributed by atoms with van der Waals surface area (Å²) in [5.74, 6) is 1.43. The molecule has 0 spiro atoms. The number of aliphatic hydroxyl groups is 1. The van der Waals surface area contributed by atoms with E-state index in [-0.39, 0.29) is 11.4 Å². The second-order valence-electron chi connectivity index (χ2n) is 7.17. The van der Waals surface area contributed by atoms with E-state index >= 15 is 0 Å². The number of aryl methyl sites for hydroxylation is 2. The molecule has 1 atom stereocenters. The van der Waals surface area contributed by atoms with Gasteiger partial charge in [-0.3, -0.25) is 0 Å². The Labute approximate surface area is 167 Å². The number of rotatable bonds is 9. The molecule has 0 aliphatic rings. The summed E-state index contributed by atoms with van der Waals surface area (Å²) in [4.78, 5) is 0.159. The van der Waals surface area contributed by atoms with Crippen LogP contribution in [-0.4, -0.2) is 39.4 Å². The summed E-state index contributed by atoms with van der Waals surface area (Å²) < 4.78 is 38.6. The molecule has 2 rings (SSSR count). The maximum Gasteiger partial charge on any atom is 0.240 e. The van der Waals surface area contributed by atoms with Crippen LogP contribution in [0.5, 0.6) is 11.5 Å². The highest BCUT2D eigenvalue weighted by molar-refractivity contribution is 7.89. The molecular weight excluding hydrogens is 378 g/mol. The van der Waals surface area contributed by atoms with Crippen LogP contribution in [0.4, 0.5) is 0 Å². The summed E-state index contributed by atoms with van der Waals surface area (Å²) in [5, 5.41) is 10.6. The van der Waals surface area contributed by atoms with Crippen LogP contribution in [0.25, 0.3) is 0 Å². The van der Waals surface area contributed by atoms with Gasteiger partial charge in [0.2, 0.25) is 10.0 Å². The zero-order valence-corrected chi connectivity index (χ0v) is 17.9. The second kappa shape index (κ2) is 8.94. The fourth-order valence-corrected chi connectivity index (χ4v) is 4.35. The molecule has 0 aromatic heterocycles. The highest BCUT2D eigenvalue weighted by atomic mass is 32.2. The molecule has 2 aromatic carbocycles. The van der Waals surface area contributed by atoms with E-state index in [2.05, 4.69) is 4.72 Å².